The lowest BCUT2D eigenvalue weighted by Gasteiger charge is -2.18. The molecule has 2 heterocycles. The maximum absolute atomic E-state index is 14.7. The van der Waals surface area contributed by atoms with Crippen molar-refractivity contribution in [2.75, 3.05) is 4.90 Å². The van der Waals surface area contributed by atoms with Gasteiger partial charge < -0.3 is 10.2 Å². The first-order valence-corrected chi connectivity index (χ1v) is 7.50. The van der Waals surface area contributed by atoms with Gasteiger partial charge in [-0.2, -0.15) is 0 Å². The third-order valence-corrected chi connectivity index (χ3v) is 4.25. The quantitative estimate of drug-likeness (QED) is 0.935. The summed E-state index contributed by atoms with van der Waals surface area (Å²) in [5, 5.41) is 3.36. The van der Waals surface area contributed by atoms with Gasteiger partial charge in [0, 0.05) is 37.4 Å². The van der Waals surface area contributed by atoms with Crippen molar-refractivity contribution in [3.63, 3.8) is 0 Å². The van der Waals surface area contributed by atoms with Crippen molar-refractivity contribution >= 4 is 5.82 Å². The monoisotopic (exact) mass is 283 g/mol. The molecule has 1 N–H and O–H groups in total. The van der Waals surface area contributed by atoms with Crippen LogP contribution in [0.25, 0.3) is 0 Å². The molecule has 3 nitrogen and oxygen atoms in total. The largest absolute Gasteiger partial charge is 0.345 e. The number of nitrogens with zero attached hydrogens (tertiary/aromatic N) is 2. The van der Waals surface area contributed by atoms with Crippen molar-refractivity contribution in [1.82, 2.24) is 10.3 Å². The maximum atomic E-state index is 14.7. The van der Waals surface area contributed by atoms with Crippen LogP contribution in [0.15, 0.2) is 36.5 Å². The van der Waals surface area contributed by atoms with Gasteiger partial charge in [-0.3, -0.25) is 0 Å². The molecule has 0 unspecified atom stereocenters. The lowest BCUT2D eigenvalue weighted by Crippen LogP contribution is -2.21. The average Bonchev–Trinajstić information content (AvgIpc) is 3.23. The van der Waals surface area contributed by atoms with Crippen LogP contribution < -0.4 is 10.2 Å². The van der Waals surface area contributed by atoms with Gasteiger partial charge in [0.25, 0.3) is 0 Å². The van der Waals surface area contributed by atoms with E-state index in [0.717, 1.165) is 13.1 Å². The van der Waals surface area contributed by atoms with Crippen molar-refractivity contribution in [1.29, 1.82) is 0 Å². The highest BCUT2D eigenvalue weighted by atomic mass is 19.1. The summed E-state index contributed by atoms with van der Waals surface area (Å²) in [7, 11) is 0. The molecular weight excluding hydrogens is 265 g/mol. The van der Waals surface area contributed by atoms with E-state index in [4.69, 9.17) is 0 Å². The Morgan fingerprint density at radius 2 is 1.86 bits per heavy atom. The zero-order valence-corrected chi connectivity index (χ0v) is 11.8. The molecule has 1 aromatic heterocycles. The summed E-state index contributed by atoms with van der Waals surface area (Å²) < 4.78 is 14.7. The van der Waals surface area contributed by atoms with Gasteiger partial charge in [0.05, 0.1) is 0 Å². The van der Waals surface area contributed by atoms with Crippen LogP contribution in [-0.2, 0) is 19.6 Å². The fourth-order valence-electron chi connectivity index (χ4n) is 2.85. The molecule has 21 heavy (non-hydrogen) atoms. The number of fused-ring (bicyclic) bond motifs is 1. The highest BCUT2D eigenvalue weighted by Gasteiger charge is 2.24. The second-order valence-electron chi connectivity index (χ2n) is 5.89. The molecule has 1 aliphatic carbocycles. The summed E-state index contributed by atoms with van der Waals surface area (Å²) in [6, 6.07) is 10.6. The summed E-state index contributed by atoms with van der Waals surface area (Å²) in [4.78, 5) is 6.28. The van der Waals surface area contributed by atoms with E-state index < -0.39 is 0 Å². The second kappa shape index (κ2) is 5.11. The summed E-state index contributed by atoms with van der Waals surface area (Å²) in [6.45, 7) is 2.06. The molecule has 1 aliphatic heterocycles. The molecule has 0 spiro atoms. The van der Waals surface area contributed by atoms with Crippen LogP contribution in [0, 0.1) is 5.82 Å². The molecular formula is C17H18FN3. The zero-order chi connectivity index (χ0) is 14.2. The minimum absolute atomic E-state index is 0.182. The highest BCUT2D eigenvalue weighted by molar-refractivity contribution is 5.49. The van der Waals surface area contributed by atoms with Crippen LogP contribution in [0.4, 0.5) is 10.2 Å². The molecule has 1 fully saturated rings. The van der Waals surface area contributed by atoms with E-state index in [1.165, 1.54) is 24.0 Å². The molecule has 2 aromatic rings. The van der Waals surface area contributed by atoms with Gasteiger partial charge in [0.15, 0.2) is 11.6 Å². The predicted molar refractivity (Wildman–Crippen MR) is 80.4 cm³/mol. The number of aromatic nitrogens is 1. The molecule has 0 bridgehead atoms. The van der Waals surface area contributed by atoms with Gasteiger partial charge in [0.2, 0.25) is 0 Å². The normalized spacial score (nSPS) is 17.1. The molecule has 4 rings (SSSR count). The fourth-order valence-corrected chi connectivity index (χ4v) is 2.85. The van der Waals surface area contributed by atoms with Crippen LogP contribution in [0.5, 0.6) is 0 Å². The molecule has 4 heteroatoms. The van der Waals surface area contributed by atoms with E-state index in [1.807, 2.05) is 17.0 Å². The number of benzene rings is 1. The third-order valence-electron chi connectivity index (χ3n) is 4.25. The van der Waals surface area contributed by atoms with Crippen molar-refractivity contribution < 1.29 is 4.39 Å². The Morgan fingerprint density at radius 3 is 2.52 bits per heavy atom. The third kappa shape index (κ3) is 2.51. The van der Waals surface area contributed by atoms with Gasteiger partial charge >= 0.3 is 0 Å². The van der Waals surface area contributed by atoms with Crippen molar-refractivity contribution in [2.45, 2.75) is 38.5 Å². The zero-order valence-electron chi connectivity index (χ0n) is 11.8. The van der Waals surface area contributed by atoms with Crippen molar-refractivity contribution in [2.24, 2.45) is 0 Å². The molecule has 0 amide bonds. The van der Waals surface area contributed by atoms with Gasteiger partial charge in [-0.1, -0.05) is 24.3 Å². The highest BCUT2D eigenvalue weighted by Crippen LogP contribution is 2.29. The topological polar surface area (TPSA) is 28.2 Å². The molecule has 1 saturated carbocycles. The summed E-state index contributed by atoms with van der Waals surface area (Å²) in [5.41, 5.74) is 3.24. The van der Waals surface area contributed by atoms with Gasteiger partial charge in [-0.25, -0.2) is 9.37 Å². The number of hydrogen-bond donors (Lipinski definition) is 1. The maximum Gasteiger partial charge on any atom is 0.170 e. The molecule has 108 valence electrons. The van der Waals surface area contributed by atoms with Crippen LogP contribution in [-0.4, -0.2) is 11.0 Å². The Morgan fingerprint density at radius 1 is 1.14 bits per heavy atom. The van der Waals surface area contributed by atoms with Gasteiger partial charge in [0.1, 0.15) is 0 Å². The predicted octanol–water partition coefficient (Wildman–Crippen LogP) is 2.99. The first-order chi connectivity index (χ1) is 10.3. The molecule has 0 atom stereocenters. The fraction of sp³-hybridized carbons (Fsp3) is 0.353. The van der Waals surface area contributed by atoms with E-state index in [9.17, 15) is 4.39 Å². The van der Waals surface area contributed by atoms with E-state index in [-0.39, 0.29) is 5.82 Å². The Kier molecular flexibility index (Phi) is 3.11. The number of pyridine rings is 1. The average molecular weight is 283 g/mol. The number of halogens is 1. The van der Waals surface area contributed by atoms with Gasteiger partial charge in [-0.05, 0) is 30.0 Å². The van der Waals surface area contributed by atoms with E-state index in [2.05, 4.69) is 22.4 Å². The Labute approximate surface area is 123 Å². The summed E-state index contributed by atoms with van der Waals surface area (Å²) in [5.74, 6) is 0.291. The molecule has 0 radical (unpaired) electrons. The lowest BCUT2D eigenvalue weighted by molar-refractivity contribution is 0.575. The van der Waals surface area contributed by atoms with Crippen LogP contribution in [0.2, 0.25) is 0 Å². The van der Waals surface area contributed by atoms with E-state index >= 15 is 0 Å². The summed E-state index contributed by atoms with van der Waals surface area (Å²) in [6.07, 6.45) is 4.13. The Bertz CT molecular complexity index is 642. The first-order valence-electron chi connectivity index (χ1n) is 7.50. The Balaban J connectivity index is 1.56. The van der Waals surface area contributed by atoms with Crippen LogP contribution in [0.3, 0.4) is 0 Å². The van der Waals surface area contributed by atoms with Crippen molar-refractivity contribution in [3.8, 4) is 0 Å². The Hall–Kier alpha value is -1.94. The minimum atomic E-state index is -0.182. The van der Waals surface area contributed by atoms with E-state index in [0.29, 0.717) is 24.0 Å². The number of rotatable bonds is 4. The summed E-state index contributed by atoms with van der Waals surface area (Å²) >= 11 is 0. The molecule has 1 aromatic carbocycles. The second-order valence-corrected chi connectivity index (χ2v) is 5.89. The van der Waals surface area contributed by atoms with Gasteiger partial charge in [-0.15, -0.1) is 0 Å². The molecule has 0 saturated heterocycles. The number of anilines is 1. The minimum Gasteiger partial charge on any atom is -0.345 e. The first kappa shape index (κ1) is 12.8. The van der Waals surface area contributed by atoms with Crippen LogP contribution >= 0.6 is 0 Å². The van der Waals surface area contributed by atoms with E-state index in [1.54, 1.807) is 12.3 Å². The molecule has 2 aliphatic rings. The standard InChI is InChI=1S/C17H18FN3/c18-16-12(9-20-15-5-6-15)7-8-19-17(16)21-10-13-3-1-2-4-14(13)11-21/h1-4,7-8,15,20H,5-6,9-11H2. The van der Waals surface area contributed by atoms with Crippen LogP contribution in [0.1, 0.15) is 29.5 Å². The SMILES string of the molecule is Fc1c(CNC2CC2)ccnc1N1Cc2ccccc2C1. The smallest absolute Gasteiger partial charge is 0.170 e. The number of hydrogen-bond acceptors (Lipinski definition) is 3. The van der Waals surface area contributed by atoms with Crippen molar-refractivity contribution in [3.05, 3.63) is 59.0 Å². The lowest BCUT2D eigenvalue weighted by atomic mass is 10.1. The number of nitrogens with one attached hydrogen (secondary N) is 1.